The van der Waals surface area contributed by atoms with E-state index < -0.39 is 11.9 Å². The van der Waals surface area contributed by atoms with E-state index in [0.29, 0.717) is 22.4 Å². The molecular weight excluding hydrogens is 369 g/mol. The number of hydrazine groups is 1. The first-order valence-corrected chi connectivity index (χ1v) is 9.03. The first-order chi connectivity index (χ1) is 14.1. The number of hydrogen-bond donors (Lipinski definition) is 1. The van der Waals surface area contributed by atoms with E-state index in [1.54, 1.807) is 65.7 Å². The lowest BCUT2D eigenvalue weighted by Gasteiger charge is -2.35. The molecule has 1 N–H and O–H groups in total. The molecule has 0 bridgehead atoms. The summed E-state index contributed by atoms with van der Waals surface area (Å²) >= 11 is 0. The number of fused-ring (bicyclic) bond motifs is 1. The summed E-state index contributed by atoms with van der Waals surface area (Å²) in [6, 6.07) is 20.7. The van der Waals surface area contributed by atoms with Crippen LogP contribution in [0.4, 0.5) is 10.1 Å². The standard InChI is InChI=1S/C23H16FN3O2/c24-19-11-10-15(12-17(19)13-25)14-27-20-9-5-4-8-18(20)23(29)21(26-27)22(28)16-6-2-1-3-7-16/h1-12,21,26H,14H2. The molecule has 142 valence electrons. The molecule has 4 rings (SSSR count). The van der Waals surface area contributed by atoms with Crippen LogP contribution in [0, 0.1) is 17.1 Å². The second-order valence-corrected chi connectivity index (χ2v) is 6.69. The fourth-order valence-corrected chi connectivity index (χ4v) is 3.37. The van der Waals surface area contributed by atoms with E-state index in [0.717, 1.165) is 0 Å². The van der Waals surface area contributed by atoms with Crippen molar-refractivity contribution < 1.29 is 14.0 Å². The minimum atomic E-state index is -1.07. The lowest BCUT2D eigenvalue weighted by Crippen LogP contribution is -2.56. The monoisotopic (exact) mass is 385 g/mol. The van der Waals surface area contributed by atoms with Gasteiger partial charge in [-0.2, -0.15) is 5.26 Å². The number of halogens is 1. The van der Waals surface area contributed by atoms with E-state index in [4.69, 9.17) is 5.26 Å². The topological polar surface area (TPSA) is 73.2 Å². The Balaban J connectivity index is 1.70. The van der Waals surface area contributed by atoms with E-state index in [1.165, 1.54) is 12.1 Å². The molecule has 0 radical (unpaired) electrons. The number of para-hydroxylation sites is 1. The number of benzene rings is 3. The van der Waals surface area contributed by atoms with Crippen molar-refractivity contribution in [2.75, 3.05) is 5.01 Å². The quantitative estimate of drug-likeness (QED) is 0.548. The molecule has 1 unspecified atom stereocenters. The normalized spacial score (nSPS) is 15.5. The van der Waals surface area contributed by atoms with Crippen molar-refractivity contribution >= 4 is 17.3 Å². The third-order valence-electron chi connectivity index (χ3n) is 4.82. The van der Waals surface area contributed by atoms with Crippen LogP contribution < -0.4 is 10.4 Å². The van der Waals surface area contributed by atoms with Crippen LogP contribution in [0.2, 0.25) is 0 Å². The van der Waals surface area contributed by atoms with Gasteiger partial charge in [-0.25, -0.2) is 9.82 Å². The molecule has 0 aromatic heterocycles. The minimum absolute atomic E-state index is 0.0548. The molecule has 0 saturated heterocycles. The molecule has 6 heteroatoms. The first kappa shape index (κ1) is 18.5. The number of hydrogen-bond acceptors (Lipinski definition) is 5. The SMILES string of the molecule is N#Cc1cc(CN2NC(C(=O)c3ccccc3)C(=O)c3ccccc32)ccc1F. The van der Waals surface area contributed by atoms with E-state index in [-0.39, 0.29) is 23.7 Å². The lowest BCUT2D eigenvalue weighted by atomic mass is 9.93. The van der Waals surface area contributed by atoms with Crippen LogP contribution in [-0.2, 0) is 6.54 Å². The van der Waals surface area contributed by atoms with Crippen molar-refractivity contribution in [3.05, 3.63) is 101 Å². The number of nitrogens with one attached hydrogen (secondary N) is 1. The molecule has 0 fully saturated rings. The van der Waals surface area contributed by atoms with Gasteiger partial charge in [-0.15, -0.1) is 0 Å². The molecule has 5 nitrogen and oxygen atoms in total. The molecule has 1 aliphatic rings. The first-order valence-electron chi connectivity index (χ1n) is 9.03. The highest BCUT2D eigenvalue weighted by Crippen LogP contribution is 2.28. The Bertz CT molecular complexity index is 1140. The van der Waals surface area contributed by atoms with Crippen molar-refractivity contribution in [1.29, 1.82) is 5.26 Å². The maximum Gasteiger partial charge on any atom is 0.191 e. The van der Waals surface area contributed by atoms with Crippen molar-refractivity contribution in [2.45, 2.75) is 12.6 Å². The molecule has 1 heterocycles. The Hall–Kier alpha value is -3.82. The van der Waals surface area contributed by atoms with Crippen LogP contribution in [0.15, 0.2) is 72.8 Å². The van der Waals surface area contributed by atoms with Crippen LogP contribution in [0.5, 0.6) is 0 Å². The highest BCUT2D eigenvalue weighted by molar-refractivity contribution is 6.22. The van der Waals surface area contributed by atoms with Crippen LogP contribution in [-0.4, -0.2) is 17.6 Å². The predicted octanol–water partition coefficient (Wildman–Crippen LogP) is 3.66. The predicted molar refractivity (Wildman–Crippen MR) is 106 cm³/mol. The number of nitrogens with zero attached hydrogens (tertiary/aromatic N) is 2. The Kier molecular flexibility index (Phi) is 4.90. The van der Waals surface area contributed by atoms with Crippen molar-refractivity contribution in [3.8, 4) is 6.07 Å². The largest absolute Gasteiger partial charge is 0.302 e. The fourth-order valence-electron chi connectivity index (χ4n) is 3.37. The van der Waals surface area contributed by atoms with Gasteiger partial charge in [-0.1, -0.05) is 48.5 Å². The van der Waals surface area contributed by atoms with Gasteiger partial charge in [0.1, 0.15) is 11.9 Å². The van der Waals surface area contributed by atoms with Gasteiger partial charge in [0, 0.05) is 11.1 Å². The highest BCUT2D eigenvalue weighted by Gasteiger charge is 2.36. The number of carbonyl (C=O) groups excluding carboxylic acids is 2. The van der Waals surface area contributed by atoms with E-state index >= 15 is 0 Å². The maximum atomic E-state index is 13.7. The zero-order chi connectivity index (χ0) is 20.4. The Labute approximate surface area is 167 Å². The molecule has 3 aromatic carbocycles. The molecular formula is C23H16FN3O2. The van der Waals surface area contributed by atoms with E-state index in [9.17, 15) is 14.0 Å². The molecule has 0 saturated carbocycles. The summed E-state index contributed by atoms with van der Waals surface area (Å²) in [5.41, 5.74) is 5.13. The number of rotatable bonds is 4. The fraction of sp³-hybridized carbons (Fsp3) is 0.0870. The Morgan fingerprint density at radius 3 is 2.55 bits per heavy atom. The number of anilines is 1. The van der Waals surface area contributed by atoms with Crippen molar-refractivity contribution in [1.82, 2.24) is 5.43 Å². The van der Waals surface area contributed by atoms with Crippen LogP contribution in [0.3, 0.4) is 0 Å². The molecule has 1 aliphatic heterocycles. The lowest BCUT2D eigenvalue weighted by molar-refractivity contribution is 0.0827. The molecule has 1 atom stereocenters. The van der Waals surface area contributed by atoms with Crippen molar-refractivity contribution in [2.24, 2.45) is 0 Å². The van der Waals surface area contributed by atoms with Gasteiger partial charge >= 0.3 is 0 Å². The van der Waals surface area contributed by atoms with E-state index in [1.807, 2.05) is 6.07 Å². The van der Waals surface area contributed by atoms with Gasteiger partial charge in [0.15, 0.2) is 17.6 Å². The summed E-state index contributed by atoms with van der Waals surface area (Å²) in [7, 11) is 0. The van der Waals surface area contributed by atoms with E-state index in [2.05, 4.69) is 5.43 Å². The second-order valence-electron chi connectivity index (χ2n) is 6.69. The van der Waals surface area contributed by atoms with Crippen LogP contribution >= 0.6 is 0 Å². The van der Waals surface area contributed by atoms with Gasteiger partial charge in [0.2, 0.25) is 0 Å². The molecule has 0 spiro atoms. The van der Waals surface area contributed by atoms with Gasteiger partial charge in [0.05, 0.1) is 17.8 Å². The molecule has 0 amide bonds. The average molecular weight is 385 g/mol. The zero-order valence-electron chi connectivity index (χ0n) is 15.3. The van der Waals surface area contributed by atoms with Crippen molar-refractivity contribution in [3.63, 3.8) is 0 Å². The van der Waals surface area contributed by atoms with Gasteiger partial charge in [-0.3, -0.25) is 9.59 Å². The molecule has 0 aliphatic carbocycles. The molecule has 29 heavy (non-hydrogen) atoms. The number of Topliss-reactive ketones (excluding diaryl/α,β-unsaturated/α-hetero) is 2. The maximum absolute atomic E-state index is 13.7. The summed E-state index contributed by atoms with van der Waals surface area (Å²) in [6.45, 7) is 0.248. The third kappa shape index (κ3) is 3.51. The minimum Gasteiger partial charge on any atom is -0.302 e. The Morgan fingerprint density at radius 1 is 1.07 bits per heavy atom. The smallest absolute Gasteiger partial charge is 0.191 e. The average Bonchev–Trinajstić information content (AvgIpc) is 2.77. The summed E-state index contributed by atoms with van der Waals surface area (Å²) in [6.07, 6.45) is 0. The Morgan fingerprint density at radius 2 is 1.79 bits per heavy atom. The third-order valence-corrected chi connectivity index (χ3v) is 4.82. The van der Waals surface area contributed by atoms with Crippen LogP contribution in [0.1, 0.15) is 31.8 Å². The highest BCUT2D eigenvalue weighted by atomic mass is 19.1. The number of ketones is 2. The summed E-state index contributed by atoms with van der Waals surface area (Å²) in [5.74, 6) is -1.22. The van der Waals surface area contributed by atoms with Gasteiger partial charge in [-0.05, 0) is 29.8 Å². The molecule has 3 aromatic rings. The second kappa shape index (κ2) is 7.66. The van der Waals surface area contributed by atoms with Gasteiger partial charge in [0.25, 0.3) is 0 Å². The number of carbonyl (C=O) groups is 2. The van der Waals surface area contributed by atoms with Gasteiger partial charge < -0.3 is 5.01 Å². The summed E-state index contributed by atoms with van der Waals surface area (Å²) in [5, 5.41) is 10.8. The van der Waals surface area contributed by atoms with Crippen LogP contribution in [0.25, 0.3) is 0 Å². The zero-order valence-corrected chi connectivity index (χ0v) is 15.3. The summed E-state index contributed by atoms with van der Waals surface area (Å²) in [4.78, 5) is 25.9. The number of nitriles is 1. The summed E-state index contributed by atoms with van der Waals surface area (Å²) < 4.78 is 13.7.